The Morgan fingerprint density at radius 3 is 2.15 bits per heavy atom. The first-order valence-electron chi connectivity index (χ1n) is 9.09. The van der Waals surface area contributed by atoms with Crippen LogP contribution in [0.4, 0.5) is 32.0 Å². The van der Waals surface area contributed by atoms with E-state index in [0.29, 0.717) is 17.0 Å². The van der Waals surface area contributed by atoms with Crippen LogP contribution in [-0.2, 0) is 27.2 Å². The van der Waals surface area contributed by atoms with Crippen LogP contribution in [0.25, 0.3) is 11.0 Å². The summed E-state index contributed by atoms with van der Waals surface area (Å²) >= 11 is 0. The molecular weight excluding hydrogens is 496 g/mol. The van der Waals surface area contributed by atoms with Gasteiger partial charge < -0.3 is 10.2 Å². The Bertz CT molecular complexity index is 1300. The summed E-state index contributed by atoms with van der Waals surface area (Å²) in [4.78, 5) is 17.8. The Morgan fingerprint density at radius 1 is 1.03 bits per heavy atom. The summed E-state index contributed by atoms with van der Waals surface area (Å²) < 4.78 is 103. The third kappa shape index (κ3) is 5.39. The lowest BCUT2D eigenvalue weighted by molar-refractivity contribution is -0.143. The molecule has 1 aromatic heterocycles. The number of carbonyl (C=O) groups is 1. The average molecular weight is 511 g/mol. The molecule has 0 aliphatic carbocycles. The normalized spacial score (nSPS) is 12.9. The van der Waals surface area contributed by atoms with Crippen molar-refractivity contribution in [2.24, 2.45) is 0 Å². The zero-order valence-corrected chi connectivity index (χ0v) is 18.1. The number of anilines is 1. The number of amides is 1. The number of aromatic nitrogens is 3. The lowest BCUT2D eigenvalue weighted by atomic mass is 10.1. The number of rotatable bonds is 6. The fourth-order valence-corrected chi connectivity index (χ4v) is 3.61. The van der Waals surface area contributed by atoms with Gasteiger partial charge in [0.25, 0.3) is 5.91 Å². The summed E-state index contributed by atoms with van der Waals surface area (Å²) in [6.07, 6.45) is -10.2. The first-order chi connectivity index (χ1) is 15.6. The van der Waals surface area contributed by atoms with E-state index in [2.05, 4.69) is 10.3 Å². The van der Waals surface area contributed by atoms with Crippen molar-refractivity contribution in [3.63, 3.8) is 0 Å². The number of nitrogens with zero attached hydrogens (tertiary/aromatic N) is 4. The SMILES string of the molecule is CN(C)S(=O)(=O)c1ccc2nnn(OCC(=O)Nc3cc(C(F)(F)F)cc(C(F)(F)F)c3)c2c1. The highest BCUT2D eigenvalue weighted by atomic mass is 32.2. The molecule has 16 heteroatoms. The van der Waals surface area contributed by atoms with Crippen molar-refractivity contribution in [3.8, 4) is 0 Å². The number of carbonyl (C=O) groups excluding carboxylic acids is 1. The summed E-state index contributed by atoms with van der Waals surface area (Å²) in [5.74, 6) is -1.10. The second-order valence-electron chi connectivity index (χ2n) is 7.02. The van der Waals surface area contributed by atoms with E-state index in [9.17, 15) is 39.6 Å². The fourth-order valence-electron chi connectivity index (χ4n) is 2.69. The van der Waals surface area contributed by atoms with Crippen molar-refractivity contribution >= 4 is 32.7 Å². The molecule has 0 aliphatic rings. The van der Waals surface area contributed by atoms with E-state index in [-0.39, 0.29) is 22.0 Å². The van der Waals surface area contributed by atoms with E-state index in [0.717, 1.165) is 4.31 Å². The number of nitrogens with one attached hydrogen (secondary N) is 1. The molecule has 2 aromatic carbocycles. The largest absolute Gasteiger partial charge is 0.416 e. The number of sulfonamides is 1. The first-order valence-corrected chi connectivity index (χ1v) is 10.5. The van der Waals surface area contributed by atoms with Gasteiger partial charge in [-0.1, -0.05) is 4.85 Å². The molecular formula is C18H15F6N5O4S. The molecule has 0 unspecified atom stereocenters. The van der Waals surface area contributed by atoms with Crippen molar-refractivity contribution < 1.29 is 44.4 Å². The summed E-state index contributed by atoms with van der Waals surface area (Å²) in [7, 11) is -1.19. The number of alkyl halides is 6. The van der Waals surface area contributed by atoms with Crippen molar-refractivity contribution in [3.05, 3.63) is 47.5 Å². The van der Waals surface area contributed by atoms with Gasteiger partial charge in [-0.3, -0.25) is 4.79 Å². The molecule has 0 fully saturated rings. The Morgan fingerprint density at radius 2 is 1.62 bits per heavy atom. The Labute approximate surface area is 187 Å². The van der Waals surface area contributed by atoms with E-state index in [1.54, 1.807) is 0 Å². The Hall–Kier alpha value is -3.40. The van der Waals surface area contributed by atoms with Gasteiger partial charge in [0, 0.05) is 19.8 Å². The molecule has 1 heterocycles. The van der Waals surface area contributed by atoms with Crippen molar-refractivity contribution in [2.45, 2.75) is 17.2 Å². The molecule has 1 N–H and O–H groups in total. The summed E-state index contributed by atoms with van der Waals surface area (Å²) in [6.45, 7) is -0.888. The van der Waals surface area contributed by atoms with Gasteiger partial charge in [0.05, 0.1) is 16.0 Å². The topological polar surface area (TPSA) is 106 Å². The average Bonchev–Trinajstić information content (AvgIpc) is 3.13. The van der Waals surface area contributed by atoms with E-state index < -0.39 is 51.7 Å². The predicted octanol–water partition coefficient (Wildman–Crippen LogP) is 2.79. The van der Waals surface area contributed by atoms with E-state index in [4.69, 9.17) is 4.84 Å². The van der Waals surface area contributed by atoms with Gasteiger partial charge >= 0.3 is 12.4 Å². The molecule has 9 nitrogen and oxygen atoms in total. The second kappa shape index (κ2) is 8.75. The molecule has 1 amide bonds. The first kappa shape index (κ1) is 25.2. The molecule has 0 atom stereocenters. The maximum Gasteiger partial charge on any atom is 0.416 e. The third-order valence-electron chi connectivity index (χ3n) is 4.35. The van der Waals surface area contributed by atoms with Crippen molar-refractivity contribution in [2.75, 3.05) is 26.0 Å². The van der Waals surface area contributed by atoms with E-state index in [1.165, 1.54) is 32.3 Å². The molecule has 3 aromatic rings. The standard InChI is InChI=1S/C18H15F6N5O4S/c1-28(2)34(31,32)13-3-4-14-15(8-13)29(27-26-14)33-9-16(30)25-12-6-10(17(19,20)21)5-11(7-12)18(22,23)24/h3-8H,9H2,1-2H3,(H,25,30). The molecule has 34 heavy (non-hydrogen) atoms. The van der Waals surface area contributed by atoms with Crippen molar-refractivity contribution in [1.82, 2.24) is 19.5 Å². The van der Waals surface area contributed by atoms with E-state index in [1.807, 2.05) is 5.32 Å². The second-order valence-corrected chi connectivity index (χ2v) is 9.17. The van der Waals surface area contributed by atoms with Gasteiger partial charge in [0.2, 0.25) is 10.0 Å². The zero-order valence-electron chi connectivity index (χ0n) is 17.3. The predicted molar refractivity (Wildman–Crippen MR) is 105 cm³/mol. The molecule has 0 bridgehead atoms. The number of hydrogen-bond acceptors (Lipinski definition) is 6. The number of benzene rings is 2. The molecule has 0 aliphatic heterocycles. The van der Waals surface area contributed by atoms with Crippen LogP contribution in [0, 0.1) is 0 Å². The highest BCUT2D eigenvalue weighted by Crippen LogP contribution is 2.37. The minimum atomic E-state index is -5.08. The van der Waals surface area contributed by atoms with Crippen LogP contribution in [0.5, 0.6) is 0 Å². The van der Waals surface area contributed by atoms with Crippen LogP contribution in [0.3, 0.4) is 0 Å². The monoisotopic (exact) mass is 511 g/mol. The number of fused-ring (bicyclic) bond motifs is 1. The van der Waals surface area contributed by atoms with Gasteiger partial charge in [-0.05, 0) is 41.6 Å². The smallest absolute Gasteiger partial charge is 0.385 e. The molecule has 0 spiro atoms. The van der Waals surface area contributed by atoms with Crippen LogP contribution in [0.15, 0.2) is 41.3 Å². The van der Waals surface area contributed by atoms with Crippen LogP contribution < -0.4 is 10.2 Å². The third-order valence-corrected chi connectivity index (χ3v) is 6.17. The van der Waals surface area contributed by atoms with Gasteiger partial charge in [0.15, 0.2) is 6.61 Å². The molecule has 0 radical (unpaired) electrons. The van der Waals surface area contributed by atoms with Gasteiger partial charge in [0.1, 0.15) is 11.0 Å². The fraction of sp³-hybridized carbons (Fsp3) is 0.278. The molecule has 0 saturated heterocycles. The van der Waals surface area contributed by atoms with Gasteiger partial charge in [-0.15, -0.1) is 5.10 Å². The number of halogens is 6. The maximum atomic E-state index is 13.0. The molecule has 0 saturated carbocycles. The summed E-state index contributed by atoms with van der Waals surface area (Å²) in [6, 6.07) is 4.39. The highest BCUT2D eigenvalue weighted by molar-refractivity contribution is 7.89. The van der Waals surface area contributed by atoms with Crippen molar-refractivity contribution in [1.29, 1.82) is 0 Å². The van der Waals surface area contributed by atoms with Crippen LogP contribution >= 0.6 is 0 Å². The lowest BCUT2D eigenvalue weighted by Crippen LogP contribution is -2.26. The lowest BCUT2D eigenvalue weighted by Gasteiger charge is -2.15. The van der Waals surface area contributed by atoms with Crippen LogP contribution in [0.1, 0.15) is 11.1 Å². The quantitative estimate of drug-likeness (QED) is 0.511. The van der Waals surface area contributed by atoms with E-state index >= 15 is 0 Å². The van der Waals surface area contributed by atoms with Gasteiger partial charge in [-0.2, -0.15) is 26.3 Å². The minimum absolute atomic E-state index is 0.0501. The van der Waals surface area contributed by atoms with Gasteiger partial charge in [-0.25, -0.2) is 12.7 Å². The summed E-state index contributed by atoms with van der Waals surface area (Å²) in [5, 5.41) is 9.22. The number of hydrogen-bond donors (Lipinski definition) is 1. The minimum Gasteiger partial charge on any atom is -0.385 e. The maximum absolute atomic E-state index is 13.0. The molecule has 3 rings (SSSR count). The Kier molecular flexibility index (Phi) is 6.49. The zero-order chi connectivity index (χ0) is 25.5. The summed E-state index contributed by atoms with van der Waals surface area (Å²) in [5.41, 5.74) is -3.70. The molecule has 184 valence electrons. The van der Waals surface area contributed by atoms with Crippen LogP contribution in [-0.4, -0.2) is 54.5 Å². The highest BCUT2D eigenvalue weighted by Gasteiger charge is 2.37. The van der Waals surface area contributed by atoms with Crippen LogP contribution in [0.2, 0.25) is 0 Å². The Balaban J connectivity index is 1.80.